The van der Waals surface area contributed by atoms with Crippen LogP contribution >= 0.6 is 0 Å². The number of esters is 3. The predicted octanol–water partition coefficient (Wildman–Crippen LogP) is 1.36. The van der Waals surface area contributed by atoms with Crippen LogP contribution < -0.4 is 0 Å². The first kappa shape index (κ1) is 21.3. The number of ether oxygens (including phenoxy) is 3. The summed E-state index contributed by atoms with van der Waals surface area (Å²) in [4.78, 5) is 38.4. The molecule has 0 spiro atoms. The summed E-state index contributed by atoms with van der Waals surface area (Å²) in [6.07, 6.45) is 2.29. The van der Waals surface area contributed by atoms with Crippen molar-refractivity contribution in [3.8, 4) is 0 Å². The van der Waals surface area contributed by atoms with Crippen LogP contribution in [0.15, 0.2) is 35.2 Å². The molecule has 156 valence electrons. The second-order valence-electron chi connectivity index (χ2n) is 7.31. The number of benzene rings is 1. The normalized spacial score (nSPS) is 27.7. The van der Waals surface area contributed by atoms with E-state index in [0.717, 1.165) is 21.3 Å². The lowest BCUT2D eigenvalue weighted by Gasteiger charge is -2.37. The molecule has 1 aromatic carbocycles. The first-order chi connectivity index (χ1) is 13.7. The Labute approximate surface area is 169 Å². The molecule has 0 bridgehead atoms. The van der Waals surface area contributed by atoms with Gasteiger partial charge in [0.1, 0.15) is 4.75 Å². The topological polar surface area (TPSA) is 113 Å². The first-order valence-corrected chi connectivity index (χ1v) is 10.5. The summed E-state index contributed by atoms with van der Waals surface area (Å²) < 4.78 is 40.3. The Morgan fingerprint density at radius 1 is 0.897 bits per heavy atom. The van der Waals surface area contributed by atoms with Gasteiger partial charge in [-0.1, -0.05) is 18.2 Å². The van der Waals surface area contributed by atoms with Crippen molar-refractivity contribution in [1.82, 2.24) is 0 Å². The number of carbonyl (C=O) groups excluding carboxylic acids is 3. The highest BCUT2D eigenvalue weighted by atomic mass is 32.2. The van der Waals surface area contributed by atoms with E-state index >= 15 is 0 Å². The van der Waals surface area contributed by atoms with Gasteiger partial charge >= 0.3 is 17.9 Å². The van der Waals surface area contributed by atoms with Gasteiger partial charge in [0.15, 0.2) is 15.3 Å². The minimum Gasteiger partial charge on any atom is -0.469 e. The van der Waals surface area contributed by atoms with E-state index in [1.807, 2.05) is 0 Å². The van der Waals surface area contributed by atoms with Gasteiger partial charge < -0.3 is 14.2 Å². The van der Waals surface area contributed by atoms with E-state index in [0.29, 0.717) is 0 Å². The van der Waals surface area contributed by atoms with Gasteiger partial charge in [0.25, 0.3) is 0 Å². The lowest BCUT2D eigenvalue weighted by atomic mass is 9.77. The Kier molecular flexibility index (Phi) is 5.23. The SMILES string of the molecule is COC(=O)C1(C(=O)OC)C[C@]2(C(=O)OC)CC[C][C@]2(S(=O)(=O)c2ccccc2)C1. The van der Waals surface area contributed by atoms with Crippen LogP contribution in [0.3, 0.4) is 0 Å². The monoisotopic (exact) mass is 422 g/mol. The van der Waals surface area contributed by atoms with Crippen molar-refractivity contribution < 1.29 is 37.0 Å². The summed E-state index contributed by atoms with van der Waals surface area (Å²) in [7, 11) is -0.898. The van der Waals surface area contributed by atoms with Gasteiger partial charge in [0, 0.05) is 6.42 Å². The Bertz CT molecular complexity index is 922. The van der Waals surface area contributed by atoms with Crippen LogP contribution in [0.4, 0.5) is 0 Å². The lowest BCUT2D eigenvalue weighted by molar-refractivity contribution is -0.170. The smallest absolute Gasteiger partial charge is 0.323 e. The zero-order valence-electron chi connectivity index (χ0n) is 16.4. The third-order valence-corrected chi connectivity index (χ3v) is 8.62. The van der Waals surface area contributed by atoms with Crippen molar-refractivity contribution in [3.63, 3.8) is 0 Å². The quantitative estimate of drug-likeness (QED) is 0.397. The maximum absolute atomic E-state index is 13.8. The summed E-state index contributed by atoms with van der Waals surface area (Å²) >= 11 is 0. The van der Waals surface area contributed by atoms with Gasteiger partial charge in [-0.3, -0.25) is 14.4 Å². The van der Waals surface area contributed by atoms with Gasteiger partial charge in [0.05, 0.1) is 31.6 Å². The molecular weight excluding hydrogens is 400 g/mol. The van der Waals surface area contributed by atoms with Crippen LogP contribution in [0.1, 0.15) is 25.7 Å². The van der Waals surface area contributed by atoms with Crippen LogP contribution in [-0.4, -0.2) is 52.4 Å². The maximum atomic E-state index is 13.8. The summed E-state index contributed by atoms with van der Waals surface area (Å²) in [6, 6.07) is 7.58. The van der Waals surface area contributed by atoms with Crippen LogP contribution in [0, 0.1) is 17.3 Å². The van der Waals surface area contributed by atoms with Crippen molar-refractivity contribution in [3.05, 3.63) is 36.8 Å². The molecule has 9 heteroatoms. The molecule has 0 unspecified atom stereocenters. The fourth-order valence-corrected chi connectivity index (χ4v) is 7.28. The largest absolute Gasteiger partial charge is 0.469 e. The van der Waals surface area contributed by atoms with Gasteiger partial charge in [-0.05, 0) is 37.8 Å². The minimum atomic E-state index is -4.23. The molecule has 2 saturated carbocycles. The van der Waals surface area contributed by atoms with Crippen molar-refractivity contribution in [2.24, 2.45) is 10.8 Å². The number of carbonyl (C=O) groups is 3. The Morgan fingerprint density at radius 3 is 1.97 bits per heavy atom. The lowest BCUT2D eigenvalue weighted by Crippen LogP contribution is -2.51. The van der Waals surface area contributed by atoms with Crippen molar-refractivity contribution in [2.45, 2.75) is 35.3 Å². The molecule has 0 heterocycles. The number of hydrogen-bond acceptors (Lipinski definition) is 8. The Hall–Kier alpha value is -2.42. The van der Waals surface area contributed by atoms with Gasteiger partial charge in [0.2, 0.25) is 0 Å². The molecule has 0 aromatic heterocycles. The highest BCUT2D eigenvalue weighted by Gasteiger charge is 2.79. The van der Waals surface area contributed by atoms with Crippen LogP contribution in [0.2, 0.25) is 0 Å². The predicted molar refractivity (Wildman–Crippen MR) is 99.0 cm³/mol. The molecule has 2 aliphatic carbocycles. The number of sulfone groups is 1. The van der Waals surface area contributed by atoms with Gasteiger partial charge in [-0.25, -0.2) is 8.42 Å². The molecule has 0 saturated heterocycles. The second-order valence-corrected chi connectivity index (χ2v) is 9.49. The molecule has 3 rings (SSSR count). The van der Waals surface area contributed by atoms with E-state index < -0.39 is 56.2 Å². The number of fused-ring (bicyclic) bond motifs is 1. The highest BCUT2D eigenvalue weighted by Crippen LogP contribution is 2.68. The molecule has 2 atom stereocenters. The van der Waals surface area contributed by atoms with Gasteiger partial charge in [-0.2, -0.15) is 0 Å². The average Bonchev–Trinajstić information content (AvgIpc) is 3.26. The van der Waals surface area contributed by atoms with Crippen LogP contribution in [0.5, 0.6) is 0 Å². The van der Waals surface area contributed by atoms with E-state index in [1.165, 1.54) is 12.1 Å². The number of rotatable bonds is 5. The zero-order valence-corrected chi connectivity index (χ0v) is 17.2. The van der Waals surface area contributed by atoms with E-state index in [1.54, 1.807) is 18.2 Å². The zero-order chi connectivity index (χ0) is 21.5. The van der Waals surface area contributed by atoms with Crippen molar-refractivity contribution >= 4 is 27.7 Å². The Balaban J connectivity index is 2.31. The van der Waals surface area contributed by atoms with E-state index in [9.17, 15) is 22.8 Å². The van der Waals surface area contributed by atoms with E-state index in [4.69, 9.17) is 14.2 Å². The van der Waals surface area contributed by atoms with Gasteiger partial charge in [-0.15, -0.1) is 0 Å². The molecule has 0 aliphatic heterocycles. The van der Waals surface area contributed by atoms with E-state index in [2.05, 4.69) is 6.42 Å². The molecule has 2 aliphatic rings. The summed E-state index contributed by atoms with van der Waals surface area (Å²) in [5.41, 5.74) is -3.63. The second kappa shape index (κ2) is 7.12. The van der Waals surface area contributed by atoms with Crippen molar-refractivity contribution in [1.29, 1.82) is 0 Å². The first-order valence-electron chi connectivity index (χ1n) is 8.97. The van der Waals surface area contributed by atoms with Crippen molar-refractivity contribution in [2.75, 3.05) is 21.3 Å². The molecule has 8 nitrogen and oxygen atoms in total. The average molecular weight is 422 g/mol. The van der Waals surface area contributed by atoms with Crippen LogP contribution in [0.25, 0.3) is 0 Å². The number of methoxy groups -OCH3 is 3. The molecule has 0 N–H and O–H groups in total. The molecule has 2 radical (unpaired) electrons. The summed E-state index contributed by atoms with van der Waals surface area (Å²) in [5.74, 6) is -2.71. The standard InChI is InChI=1S/C20H22O8S/c1-26-15(21)18(16(22)27-2)12-19(17(23)28-3)10-7-11-20(19,13-18)29(24,25)14-8-5-4-6-9-14/h4-6,8-9H,7,10,12-13H2,1-3H3/t19-,20-/m0/s1. The molecule has 1 aromatic rings. The summed E-state index contributed by atoms with van der Waals surface area (Å²) in [5, 5.41) is 0. The highest BCUT2D eigenvalue weighted by molar-refractivity contribution is 7.93. The fourth-order valence-electron chi connectivity index (χ4n) is 4.86. The van der Waals surface area contributed by atoms with Crippen LogP contribution in [-0.2, 0) is 38.4 Å². The number of hydrogen-bond donors (Lipinski definition) is 0. The minimum absolute atomic E-state index is 0.0341. The summed E-state index contributed by atoms with van der Waals surface area (Å²) in [6.45, 7) is 0. The Morgan fingerprint density at radius 2 is 1.45 bits per heavy atom. The molecular formula is C20H22O8S. The molecule has 2 fully saturated rings. The maximum Gasteiger partial charge on any atom is 0.323 e. The third-order valence-electron chi connectivity index (χ3n) is 6.13. The molecule has 29 heavy (non-hydrogen) atoms. The third kappa shape index (κ3) is 2.63. The van der Waals surface area contributed by atoms with E-state index in [-0.39, 0.29) is 17.7 Å². The fraction of sp³-hybridized carbons (Fsp3) is 0.500. The molecule has 0 amide bonds.